The first kappa shape index (κ1) is 40.0. The van der Waals surface area contributed by atoms with Crippen molar-refractivity contribution in [2.45, 2.75) is 60.3 Å². The minimum atomic E-state index is -0.611. The van der Waals surface area contributed by atoms with Gasteiger partial charge < -0.3 is 31.4 Å². The number of nitrogens with zero attached hydrogens (tertiary/aromatic N) is 8. The Balaban J connectivity index is 0.00000194. The van der Waals surface area contributed by atoms with Crippen molar-refractivity contribution in [2.24, 2.45) is 17.2 Å². The summed E-state index contributed by atoms with van der Waals surface area (Å²) in [6.07, 6.45) is 4.19. The molecule has 292 valence electrons. The van der Waals surface area contributed by atoms with Crippen molar-refractivity contribution < 1.29 is 29.1 Å². The van der Waals surface area contributed by atoms with Crippen LogP contribution in [0.15, 0.2) is 54.6 Å². The topological polar surface area (TPSA) is 279 Å². The van der Waals surface area contributed by atoms with Crippen LogP contribution in [0.5, 0.6) is 0 Å². The zero-order chi connectivity index (χ0) is 40.7. The minimum Gasteiger partial charge on any atom is -0.483 e. The Kier molecular flexibility index (Phi) is 12.4. The maximum absolute atomic E-state index is 13.6. The molecule has 9 N–H and O–H groups in total. The fraction of sp³-hybridized carbons (Fsp3) is 0.270. The Bertz CT molecular complexity index is 2490. The molecular formula is C37H43N13O6. The number of primary amides is 2. The zero-order valence-electron chi connectivity index (χ0n) is 31.3. The van der Waals surface area contributed by atoms with E-state index in [0.29, 0.717) is 70.9 Å². The van der Waals surface area contributed by atoms with Crippen LogP contribution >= 0.6 is 0 Å². The maximum atomic E-state index is 13.6. The lowest BCUT2D eigenvalue weighted by atomic mass is 10.1. The second kappa shape index (κ2) is 17.3. The fourth-order valence-corrected chi connectivity index (χ4v) is 6.31. The molecule has 0 fully saturated rings. The number of amides is 4. The average Bonchev–Trinajstić information content (AvgIpc) is 3.92. The first-order valence-corrected chi connectivity index (χ1v) is 17.6. The van der Waals surface area contributed by atoms with Gasteiger partial charge in [-0.3, -0.25) is 44.0 Å². The molecule has 4 heterocycles. The number of aromatic nitrogens is 8. The lowest BCUT2D eigenvalue weighted by Crippen LogP contribution is -2.20. The van der Waals surface area contributed by atoms with Gasteiger partial charge in [0, 0.05) is 37.3 Å². The standard InChI is InChI=1S/C36H41N13O4.CH2O2/c1-5-48-28(15-20(3)44-48)33(52)42-35-40-25-18-23(31(38)50)9-10-27(25)46(35)13-7-8-14-47-30-22(11-12-37)17-24(32(39)51)19-26(30)41-36(47)43-34(53)29-16-21(4)45-49(29)6-2;2-1-3/h7-10,15-19H,5-6,11-14,37H2,1-4H3,(H2,38,50)(H2,39,51)(H,40,42,52)(H,41,43,53);1H,(H,2,3)/b8-7+;. The second-order valence-corrected chi connectivity index (χ2v) is 12.5. The summed E-state index contributed by atoms with van der Waals surface area (Å²) in [4.78, 5) is 68.9. The number of hydrogen-bond acceptors (Lipinski definition) is 10. The van der Waals surface area contributed by atoms with Crippen LogP contribution < -0.4 is 27.8 Å². The van der Waals surface area contributed by atoms with Crippen molar-refractivity contribution in [2.75, 3.05) is 17.2 Å². The molecule has 56 heavy (non-hydrogen) atoms. The van der Waals surface area contributed by atoms with E-state index in [1.807, 2.05) is 44.4 Å². The number of nitrogens with two attached hydrogens (primary N) is 3. The summed E-state index contributed by atoms with van der Waals surface area (Å²) >= 11 is 0. The molecule has 0 spiro atoms. The van der Waals surface area contributed by atoms with Gasteiger partial charge in [-0.15, -0.1) is 0 Å². The maximum Gasteiger partial charge on any atom is 0.290 e. The van der Waals surface area contributed by atoms with E-state index in [4.69, 9.17) is 32.1 Å². The van der Waals surface area contributed by atoms with E-state index in [1.54, 1.807) is 56.4 Å². The minimum absolute atomic E-state index is 0.249. The van der Waals surface area contributed by atoms with Gasteiger partial charge in [-0.2, -0.15) is 10.2 Å². The van der Waals surface area contributed by atoms with Crippen molar-refractivity contribution in [1.82, 2.24) is 38.7 Å². The molecule has 0 bridgehead atoms. The van der Waals surface area contributed by atoms with Gasteiger partial charge in [0.05, 0.1) is 33.5 Å². The average molecular weight is 766 g/mol. The fourth-order valence-electron chi connectivity index (χ4n) is 6.31. The van der Waals surface area contributed by atoms with Gasteiger partial charge in [-0.1, -0.05) is 12.2 Å². The van der Waals surface area contributed by atoms with Crippen LogP contribution in [-0.4, -0.2) is 80.4 Å². The molecule has 0 radical (unpaired) electrons. The summed E-state index contributed by atoms with van der Waals surface area (Å²) in [6, 6.07) is 11.6. The molecule has 19 heteroatoms. The van der Waals surface area contributed by atoms with Crippen LogP contribution in [0, 0.1) is 13.8 Å². The molecule has 0 atom stereocenters. The monoisotopic (exact) mass is 765 g/mol. The van der Waals surface area contributed by atoms with Crippen LogP contribution in [0.1, 0.15) is 72.5 Å². The van der Waals surface area contributed by atoms with E-state index in [2.05, 4.69) is 25.8 Å². The lowest BCUT2D eigenvalue weighted by molar-refractivity contribution is -0.122. The van der Waals surface area contributed by atoms with Crippen LogP contribution in [0.2, 0.25) is 0 Å². The summed E-state index contributed by atoms with van der Waals surface area (Å²) in [5.41, 5.74) is 22.9. The van der Waals surface area contributed by atoms with E-state index < -0.39 is 23.6 Å². The molecule has 19 nitrogen and oxygen atoms in total. The third-order valence-corrected chi connectivity index (χ3v) is 8.71. The van der Waals surface area contributed by atoms with Crippen LogP contribution in [0.25, 0.3) is 22.1 Å². The van der Waals surface area contributed by atoms with E-state index in [-0.39, 0.29) is 42.6 Å². The Hall–Kier alpha value is -7.15. The van der Waals surface area contributed by atoms with Crippen LogP contribution in [0.3, 0.4) is 0 Å². The first-order valence-electron chi connectivity index (χ1n) is 17.6. The number of aryl methyl sites for hydroxylation is 4. The van der Waals surface area contributed by atoms with Gasteiger partial charge >= 0.3 is 0 Å². The highest BCUT2D eigenvalue weighted by molar-refractivity contribution is 6.05. The van der Waals surface area contributed by atoms with Gasteiger partial charge in [-0.25, -0.2) is 9.97 Å². The summed E-state index contributed by atoms with van der Waals surface area (Å²) in [6.45, 7) is 8.97. The summed E-state index contributed by atoms with van der Waals surface area (Å²) < 4.78 is 6.85. The molecule has 0 aliphatic carbocycles. The van der Waals surface area contributed by atoms with E-state index >= 15 is 0 Å². The van der Waals surface area contributed by atoms with Gasteiger partial charge in [0.25, 0.3) is 18.3 Å². The number of carbonyl (C=O) groups excluding carboxylic acids is 4. The third-order valence-electron chi connectivity index (χ3n) is 8.71. The van der Waals surface area contributed by atoms with Crippen LogP contribution in [-0.2, 0) is 37.4 Å². The molecule has 4 amide bonds. The van der Waals surface area contributed by atoms with Gasteiger partial charge in [0.1, 0.15) is 11.4 Å². The molecule has 0 saturated heterocycles. The SMILES string of the molecule is CCn1nc(C)cc1C(=O)Nc1nc2cc(C(N)=O)ccc2n1C/C=C/Cn1c(NC(=O)c2cc(C)nn2CC)nc2cc(C(N)=O)cc(CCN)c21.O=CO. The molecular weight excluding hydrogens is 722 g/mol. The molecule has 4 aromatic heterocycles. The highest BCUT2D eigenvalue weighted by atomic mass is 16.3. The molecule has 0 aliphatic rings. The molecule has 0 aliphatic heterocycles. The third kappa shape index (κ3) is 8.47. The van der Waals surface area contributed by atoms with E-state index in [9.17, 15) is 19.2 Å². The smallest absolute Gasteiger partial charge is 0.290 e. The first-order chi connectivity index (χ1) is 26.8. The number of imidazole rings is 2. The van der Waals surface area contributed by atoms with E-state index in [0.717, 1.165) is 5.56 Å². The molecule has 6 rings (SSSR count). The van der Waals surface area contributed by atoms with Crippen molar-refractivity contribution in [3.8, 4) is 0 Å². The van der Waals surface area contributed by atoms with Gasteiger partial charge in [0.2, 0.25) is 23.7 Å². The number of carboxylic acid groups (broad SMARTS) is 1. The molecule has 6 aromatic rings. The summed E-state index contributed by atoms with van der Waals surface area (Å²) in [5, 5.41) is 21.5. The van der Waals surface area contributed by atoms with Gasteiger partial charge in [0.15, 0.2) is 0 Å². The molecule has 0 unspecified atom stereocenters. The number of allylic oxidation sites excluding steroid dienone is 2. The quantitative estimate of drug-likeness (QED) is 0.0692. The van der Waals surface area contributed by atoms with Crippen LogP contribution in [0.4, 0.5) is 11.9 Å². The Morgan fingerprint density at radius 1 is 0.750 bits per heavy atom. The summed E-state index contributed by atoms with van der Waals surface area (Å²) in [7, 11) is 0. The lowest BCUT2D eigenvalue weighted by Gasteiger charge is -2.12. The number of nitrogens with one attached hydrogen (secondary N) is 2. The number of fused-ring (bicyclic) bond motifs is 2. The zero-order valence-corrected chi connectivity index (χ0v) is 31.3. The number of carbonyl (C=O) groups is 5. The number of anilines is 2. The predicted molar refractivity (Wildman–Crippen MR) is 208 cm³/mol. The highest BCUT2D eigenvalue weighted by Gasteiger charge is 2.22. The number of hydrogen-bond donors (Lipinski definition) is 6. The summed E-state index contributed by atoms with van der Waals surface area (Å²) in [5.74, 6) is -1.50. The normalized spacial score (nSPS) is 11.2. The van der Waals surface area contributed by atoms with Crippen molar-refractivity contribution >= 4 is 64.1 Å². The number of benzene rings is 2. The Morgan fingerprint density at radius 2 is 1.25 bits per heavy atom. The second-order valence-electron chi connectivity index (χ2n) is 12.5. The van der Waals surface area contributed by atoms with Crippen molar-refractivity contribution in [3.63, 3.8) is 0 Å². The predicted octanol–water partition coefficient (Wildman–Crippen LogP) is 2.60. The Labute approximate surface area is 320 Å². The Morgan fingerprint density at radius 3 is 1.77 bits per heavy atom. The largest absolute Gasteiger partial charge is 0.483 e. The van der Waals surface area contributed by atoms with E-state index in [1.165, 1.54) is 0 Å². The molecule has 0 saturated carbocycles. The highest BCUT2D eigenvalue weighted by Crippen LogP contribution is 2.27. The molecule has 2 aromatic carbocycles. The van der Waals surface area contributed by atoms with Gasteiger partial charge in [-0.05, 0) is 88.7 Å². The van der Waals surface area contributed by atoms with Crippen molar-refractivity contribution in [1.29, 1.82) is 0 Å². The number of rotatable bonds is 14. The van der Waals surface area contributed by atoms with Crippen molar-refractivity contribution in [3.05, 3.63) is 94.1 Å².